The molecule has 0 atom stereocenters. The van der Waals surface area contributed by atoms with Crippen molar-refractivity contribution in [3.8, 4) is 16.9 Å². The number of hydrogen-bond acceptors (Lipinski definition) is 6. The number of anilines is 1. The van der Waals surface area contributed by atoms with Gasteiger partial charge in [0.05, 0.1) is 13.7 Å². The molecule has 0 aliphatic heterocycles. The number of carbonyl (C=O) groups excluding carboxylic acids is 1. The first kappa shape index (κ1) is 20.6. The van der Waals surface area contributed by atoms with Crippen LogP contribution in [-0.4, -0.2) is 36.7 Å². The van der Waals surface area contributed by atoms with Crippen molar-refractivity contribution in [2.75, 3.05) is 26.1 Å². The first-order valence-corrected chi connectivity index (χ1v) is 9.53. The van der Waals surface area contributed by atoms with Crippen LogP contribution in [0, 0.1) is 0 Å². The summed E-state index contributed by atoms with van der Waals surface area (Å²) in [7, 11) is 3.33. The lowest BCUT2D eigenvalue weighted by Gasteiger charge is -2.15. The summed E-state index contributed by atoms with van der Waals surface area (Å²) < 4.78 is 10.8. The molecule has 0 unspecified atom stereocenters. The highest BCUT2D eigenvalue weighted by Crippen LogP contribution is 2.38. The van der Waals surface area contributed by atoms with Gasteiger partial charge in [0.15, 0.2) is 5.75 Å². The molecular weight excluding hydrogens is 390 g/mol. The molecule has 0 saturated carbocycles. The second-order valence-electron chi connectivity index (χ2n) is 6.31. The number of aromatic nitrogens is 2. The largest absolute Gasteiger partial charge is 0.494 e. The maximum Gasteiger partial charge on any atom is 0.333 e. The zero-order chi connectivity index (χ0) is 21.0. The van der Waals surface area contributed by atoms with Gasteiger partial charge in [-0.3, -0.25) is 0 Å². The van der Waals surface area contributed by atoms with Crippen LogP contribution >= 0.6 is 11.6 Å². The van der Waals surface area contributed by atoms with E-state index in [-0.39, 0.29) is 5.97 Å². The van der Waals surface area contributed by atoms with E-state index in [1.54, 1.807) is 40.3 Å². The molecule has 0 radical (unpaired) electrons. The van der Waals surface area contributed by atoms with Crippen molar-refractivity contribution in [2.45, 2.75) is 13.8 Å². The van der Waals surface area contributed by atoms with E-state index in [2.05, 4.69) is 15.3 Å². The summed E-state index contributed by atoms with van der Waals surface area (Å²) in [5.74, 6) is 0.641. The number of fused-ring (bicyclic) bond motifs is 1. The van der Waals surface area contributed by atoms with E-state index in [9.17, 15) is 4.79 Å². The summed E-state index contributed by atoms with van der Waals surface area (Å²) >= 11 is 6.21. The van der Waals surface area contributed by atoms with Gasteiger partial charge in [0.2, 0.25) is 5.95 Å². The van der Waals surface area contributed by atoms with E-state index in [1.807, 2.05) is 30.3 Å². The average Bonchev–Trinajstić information content (AvgIpc) is 2.72. The Morgan fingerprint density at radius 2 is 2.10 bits per heavy atom. The van der Waals surface area contributed by atoms with Crippen LogP contribution in [0.15, 0.2) is 42.1 Å². The fraction of sp³-hybridized carbons (Fsp3) is 0.227. The zero-order valence-corrected chi connectivity index (χ0v) is 17.5. The standard InChI is InChI=1S/C22H22ClN3O3/c1-5-29-21(27)13(2)9-15-11-17(14-7-6-8-16(23)10-14)18-12-25-22(24-3)26-19(18)20(15)28-4/h6-12H,5H2,1-4H3,(H,24,25,26). The van der Waals surface area contributed by atoms with Gasteiger partial charge in [-0.2, -0.15) is 0 Å². The molecule has 0 aliphatic rings. The highest BCUT2D eigenvalue weighted by atomic mass is 35.5. The molecule has 2 aromatic carbocycles. The summed E-state index contributed by atoms with van der Waals surface area (Å²) in [4.78, 5) is 21.1. The van der Waals surface area contributed by atoms with Gasteiger partial charge < -0.3 is 14.8 Å². The van der Waals surface area contributed by atoms with Crippen molar-refractivity contribution in [2.24, 2.45) is 0 Å². The van der Waals surface area contributed by atoms with Gasteiger partial charge in [-0.15, -0.1) is 0 Å². The van der Waals surface area contributed by atoms with Crippen LogP contribution < -0.4 is 10.1 Å². The molecule has 1 N–H and O–H groups in total. The molecule has 1 heterocycles. The van der Waals surface area contributed by atoms with Crippen LogP contribution in [0.4, 0.5) is 5.95 Å². The number of hydrogen-bond donors (Lipinski definition) is 1. The van der Waals surface area contributed by atoms with Crippen LogP contribution in [0.5, 0.6) is 5.75 Å². The third-order valence-corrected chi connectivity index (χ3v) is 4.62. The number of carbonyl (C=O) groups is 1. The molecule has 3 aromatic rings. The lowest BCUT2D eigenvalue weighted by atomic mass is 9.97. The van der Waals surface area contributed by atoms with Crippen molar-refractivity contribution in [3.05, 3.63) is 52.7 Å². The van der Waals surface area contributed by atoms with E-state index in [4.69, 9.17) is 21.1 Å². The molecule has 7 heteroatoms. The van der Waals surface area contributed by atoms with Crippen molar-refractivity contribution in [3.63, 3.8) is 0 Å². The lowest BCUT2D eigenvalue weighted by molar-refractivity contribution is -0.138. The summed E-state index contributed by atoms with van der Waals surface area (Å²) in [6, 6.07) is 9.48. The number of methoxy groups -OCH3 is 1. The summed E-state index contributed by atoms with van der Waals surface area (Å²) in [5, 5.41) is 4.38. The predicted octanol–water partition coefficient (Wildman–Crippen LogP) is 4.97. The Morgan fingerprint density at radius 1 is 1.31 bits per heavy atom. The van der Waals surface area contributed by atoms with Crippen LogP contribution in [0.25, 0.3) is 28.1 Å². The van der Waals surface area contributed by atoms with Gasteiger partial charge >= 0.3 is 5.97 Å². The molecule has 0 saturated heterocycles. The highest BCUT2D eigenvalue weighted by molar-refractivity contribution is 6.31. The molecule has 0 fully saturated rings. The van der Waals surface area contributed by atoms with Crippen LogP contribution in [0.3, 0.4) is 0 Å². The fourth-order valence-corrected chi connectivity index (χ4v) is 3.25. The van der Waals surface area contributed by atoms with Gasteiger partial charge in [0, 0.05) is 34.8 Å². The Balaban J connectivity index is 2.33. The summed E-state index contributed by atoms with van der Waals surface area (Å²) in [6.07, 6.45) is 3.49. The highest BCUT2D eigenvalue weighted by Gasteiger charge is 2.17. The number of nitrogens with one attached hydrogen (secondary N) is 1. The molecule has 6 nitrogen and oxygen atoms in total. The topological polar surface area (TPSA) is 73.3 Å². The van der Waals surface area contributed by atoms with Crippen LogP contribution in [0.2, 0.25) is 5.02 Å². The molecule has 29 heavy (non-hydrogen) atoms. The second kappa shape index (κ2) is 8.92. The number of ether oxygens (including phenoxy) is 2. The van der Waals surface area contributed by atoms with E-state index in [1.165, 1.54) is 0 Å². The molecule has 3 rings (SSSR count). The monoisotopic (exact) mass is 411 g/mol. The van der Waals surface area contributed by atoms with Gasteiger partial charge in [0.25, 0.3) is 0 Å². The molecule has 150 valence electrons. The number of rotatable bonds is 6. The van der Waals surface area contributed by atoms with E-state index in [0.29, 0.717) is 40.0 Å². The summed E-state index contributed by atoms with van der Waals surface area (Å²) in [5.41, 5.74) is 3.60. The third-order valence-electron chi connectivity index (χ3n) is 4.39. The van der Waals surface area contributed by atoms with Gasteiger partial charge in [-0.1, -0.05) is 23.7 Å². The Labute approximate surface area is 174 Å². The quantitative estimate of drug-likeness (QED) is 0.456. The van der Waals surface area contributed by atoms with Crippen LogP contribution in [0.1, 0.15) is 19.4 Å². The Hall–Kier alpha value is -3.12. The molecule has 0 spiro atoms. The first-order chi connectivity index (χ1) is 14.0. The van der Waals surface area contributed by atoms with Crippen molar-refractivity contribution >= 4 is 40.5 Å². The normalized spacial score (nSPS) is 11.4. The van der Waals surface area contributed by atoms with E-state index in [0.717, 1.165) is 16.5 Å². The predicted molar refractivity (Wildman–Crippen MR) is 116 cm³/mol. The zero-order valence-electron chi connectivity index (χ0n) is 16.7. The Morgan fingerprint density at radius 3 is 2.76 bits per heavy atom. The molecule has 0 bridgehead atoms. The summed E-state index contributed by atoms with van der Waals surface area (Å²) in [6.45, 7) is 3.79. The smallest absolute Gasteiger partial charge is 0.333 e. The van der Waals surface area contributed by atoms with Gasteiger partial charge in [-0.25, -0.2) is 14.8 Å². The van der Waals surface area contributed by atoms with E-state index >= 15 is 0 Å². The minimum atomic E-state index is -0.377. The van der Waals surface area contributed by atoms with Crippen LogP contribution in [-0.2, 0) is 9.53 Å². The Bertz CT molecular complexity index is 1100. The third kappa shape index (κ3) is 4.32. The molecule has 0 amide bonds. The second-order valence-corrected chi connectivity index (χ2v) is 6.75. The number of esters is 1. The van der Waals surface area contributed by atoms with Gasteiger partial charge in [0.1, 0.15) is 5.52 Å². The van der Waals surface area contributed by atoms with Gasteiger partial charge in [-0.05, 0) is 49.2 Å². The number of benzene rings is 2. The number of nitrogens with zero attached hydrogens (tertiary/aromatic N) is 2. The average molecular weight is 412 g/mol. The fourth-order valence-electron chi connectivity index (χ4n) is 3.06. The van der Waals surface area contributed by atoms with Crippen molar-refractivity contribution in [1.82, 2.24) is 9.97 Å². The molecular formula is C22H22ClN3O3. The maximum atomic E-state index is 12.1. The number of halogens is 1. The van der Waals surface area contributed by atoms with Crippen molar-refractivity contribution < 1.29 is 14.3 Å². The van der Waals surface area contributed by atoms with E-state index < -0.39 is 0 Å². The molecule has 0 aliphatic carbocycles. The Kier molecular flexibility index (Phi) is 6.34. The molecule has 1 aromatic heterocycles. The first-order valence-electron chi connectivity index (χ1n) is 9.15. The maximum absolute atomic E-state index is 12.1. The van der Waals surface area contributed by atoms with Crippen molar-refractivity contribution in [1.29, 1.82) is 0 Å². The SMILES string of the molecule is CCOC(=O)C(C)=Cc1cc(-c2cccc(Cl)c2)c2cnc(NC)nc2c1OC. The lowest BCUT2D eigenvalue weighted by Crippen LogP contribution is -2.05. The minimum absolute atomic E-state index is 0.311. The minimum Gasteiger partial charge on any atom is -0.494 e.